The van der Waals surface area contributed by atoms with Gasteiger partial charge < -0.3 is 4.90 Å². The molecule has 0 unspecified atom stereocenters. The van der Waals surface area contributed by atoms with Crippen molar-refractivity contribution in [2.75, 3.05) is 19.6 Å². The van der Waals surface area contributed by atoms with Gasteiger partial charge in [0.15, 0.2) is 0 Å². The Balaban J connectivity index is 1.69. The molecule has 1 aliphatic rings. The van der Waals surface area contributed by atoms with E-state index in [0.29, 0.717) is 0 Å². The van der Waals surface area contributed by atoms with E-state index in [-0.39, 0.29) is 5.69 Å². The van der Waals surface area contributed by atoms with Crippen LogP contribution < -0.4 is 5.69 Å². The Hall–Kier alpha value is -1.98. The van der Waals surface area contributed by atoms with Gasteiger partial charge in [0.2, 0.25) is 0 Å². The molecule has 124 valence electrons. The minimum Gasteiger partial charge on any atom is -0.302 e. The molecule has 0 atom stereocenters. The molecule has 3 heterocycles. The molecule has 1 aromatic carbocycles. The number of fused-ring (bicyclic) bond motifs is 1. The van der Waals surface area contributed by atoms with E-state index in [1.165, 1.54) is 19.3 Å². The van der Waals surface area contributed by atoms with E-state index in [2.05, 4.69) is 21.3 Å². The first-order valence-electron chi connectivity index (χ1n) is 8.59. The summed E-state index contributed by atoms with van der Waals surface area (Å²) in [6.45, 7) is 3.95. The highest BCUT2D eigenvalue weighted by Crippen LogP contribution is 2.28. The van der Waals surface area contributed by atoms with Crippen LogP contribution in [0, 0.1) is 0 Å². The number of hydrogen-bond acceptors (Lipinski definition) is 4. The first kappa shape index (κ1) is 15.5. The summed E-state index contributed by atoms with van der Waals surface area (Å²) in [6.07, 6.45) is 3.88. The molecule has 3 aromatic rings. The molecule has 0 spiro atoms. The summed E-state index contributed by atoms with van der Waals surface area (Å²) < 4.78 is 1.85. The van der Waals surface area contributed by atoms with Crippen LogP contribution in [0.15, 0.2) is 46.6 Å². The number of rotatable bonds is 4. The number of benzene rings is 1. The lowest BCUT2D eigenvalue weighted by molar-refractivity contribution is 0.221. The van der Waals surface area contributed by atoms with E-state index in [9.17, 15) is 4.79 Å². The lowest BCUT2D eigenvalue weighted by atomic mass is 10.1. The van der Waals surface area contributed by atoms with Gasteiger partial charge in [0.1, 0.15) is 4.83 Å². The third-order valence-electron chi connectivity index (χ3n) is 4.72. The van der Waals surface area contributed by atoms with E-state index in [1.54, 1.807) is 11.3 Å². The molecule has 1 saturated heterocycles. The minimum atomic E-state index is -0.138. The van der Waals surface area contributed by atoms with Crippen LogP contribution in [0.4, 0.5) is 0 Å². The van der Waals surface area contributed by atoms with Crippen LogP contribution in [0.1, 0.15) is 19.3 Å². The number of likely N-dealkylation sites (tertiary alicyclic amines) is 1. The molecule has 24 heavy (non-hydrogen) atoms. The molecule has 4 rings (SSSR count). The Kier molecular flexibility index (Phi) is 4.45. The Bertz CT molecular complexity index is 879. The highest BCUT2D eigenvalue weighted by Gasteiger charge is 2.15. The molecule has 0 bridgehead atoms. The van der Waals surface area contributed by atoms with Crippen LogP contribution >= 0.6 is 11.3 Å². The van der Waals surface area contributed by atoms with Crippen molar-refractivity contribution in [3.8, 4) is 11.3 Å². The average molecular weight is 339 g/mol. The SMILES string of the molecule is O=c1nc(-c2ccccc2)c2ccsc2n1CCN1CCCCC1. The zero-order chi connectivity index (χ0) is 16.4. The Morgan fingerprint density at radius 1 is 1.00 bits per heavy atom. The second-order valence-corrected chi connectivity index (χ2v) is 7.20. The highest BCUT2D eigenvalue weighted by atomic mass is 32.1. The normalized spacial score (nSPS) is 15.8. The van der Waals surface area contributed by atoms with Crippen LogP contribution in [0.3, 0.4) is 0 Å². The number of thiophene rings is 1. The number of nitrogens with zero attached hydrogens (tertiary/aromatic N) is 3. The Morgan fingerprint density at radius 3 is 2.58 bits per heavy atom. The number of hydrogen-bond donors (Lipinski definition) is 0. The maximum absolute atomic E-state index is 12.6. The molecule has 0 saturated carbocycles. The quantitative estimate of drug-likeness (QED) is 0.729. The topological polar surface area (TPSA) is 38.1 Å². The Morgan fingerprint density at radius 2 is 1.79 bits per heavy atom. The standard InChI is InChI=1S/C19H21N3OS/c23-19-20-17(15-7-3-1-4-8-15)16-9-14-24-18(16)22(19)13-12-21-10-5-2-6-11-21/h1,3-4,7-9,14H,2,5-6,10-13H2. The largest absolute Gasteiger partial charge is 0.349 e. The molecular weight excluding hydrogens is 318 g/mol. The maximum atomic E-state index is 12.6. The van der Waals surface area contributed by atoms with Gasteiger partial charge in [0, 0.05) is 24.0 Å². The lowest BCUT2D eigenvalue weighted by Crippen LogP contribution is -2.35. The van der Waals surface area contributed by atoms with Gasteiger partial charge in [0.05, 0.1) is 5.69 Å². The maximum Gasteiger partial charge on any atom is 0.349 e. The highest BCUT2D eigenvalue weighted by molar-refractivity contribution is 7.16. The van der Waals surface area contributed by atoms with Crippen molar-refractivity contribution in [1.29, 1.82) is 0 Å². The van der Waals surface area contributed by atoms with Gasteiger partial charge in [-0.1, -0.05) is 36.8 Å². The molecule has 1 aliphatic heterocycles. The predicted molar refractivity (Wildman–Crippen MR) is 99.6 cm³/mol. The second-order valence-electron chi connectivity index (χ2n) is 6.30. The number of piperidine rings is 1. The van der Waals surface area contributed by atoms with Crippen molar-refractivity contribution >= 4 is 21.6 Å². The molecule has 0 aliphatic carbocycles. The summed E-state index contributed by atoms with van der Waals surface area (Å²) in [6, 6.07) is 12.0. The van der Waals surface area contributed by atoms with Crippen molar-refractivity contribution in [3.63, 3.8) is 0 Å². The van der Waals surface area contributed by atoms with Gasteiger partial charge in [0.25, 0.3) is 0 Å². The molecule has 1 fully saturated rings. The van der Waals surface area contributed by atoms with E-state index < -0.39 is 0 Å². The molecule has 0 amide bonds. The fourth-order valence-electron chi connectivity index (χ4n) is 3.43. The molecular formula is C19H21N3OS. The first-order valence-corrected chi connectivity index (χ1v) is 9.47. The van der Waals surface area contributed by atoms with Crippen LogP contribution in [-0.4, -0.2) is 34.1 Å². The summed E-state index contributed by atoms with van der Waals surface area (Å²) in [5.41, 5.74) is 1.66. The van der Waals surface area contributed by atoms with Gasteiger partial charge >= 0.3 is 5.69 Å². The van der Waals surface area contributed by atoms with Crippen LogP contribution in [-0.2, 0) is 6.54 Å². The second kappa shape index (κ2) is 6.87. The zero-order valence-electron chi connectivity index (χ0n) is 13.6. The number of aromatic nitrogens is 2. The van der Waals surface area contributed by atoms with Crippen molar-refractivity contribution in [2.24, 2.45) is 0 Å². The van der Waals surface area contributed by atoms with E-state index >= 15 is 0 Å². The summed E-state index contributed by atoms with van der Waals surface area (Å²) in [4.78, 5) is 20.5. The zero-order valence-corrected chi connectivity index (χ0v) is 14.5. The van der Waals surface area contributed by atoms with Gasteiger partial charge in [-0.15, -0.1) is 11.3 Å². The summed E-state index contributed by atoms with van der Waals surface area (Å²) in [7, 11) is 0. The summed E-state index contributed by atoms with van der Waals surface area (Å²) >= 11 is 1.63. The lowest BCUT2D eigenvalue weighted by Gasteiger charge is -2.26. The first-order chi connectivity index (χ1) is 11.8. The fraction of sp³-hybridized carbons (Fsp3) is 0.368. The van der Waals surface area contributed by atoms with Gasteiger partial charge in [-0.2, -0.15) is 4.98 Å². The smallest absolute Gasteiger partial charge is 0.302 e. The molecule has 0 N–H and O–H groups in total. The van der Waals surface area contributed by atoms with Gasteiger partial charge in [-0.25, -0.2) is 4.79 Å². The van der Waals surface area contributed by atoms with Gasteiger partial charge in [-0.3, -0.25) is 4.57 Å². The fourth-order valence-corrected chi connectivity index (χ4v) is 4.35. The van der Waals surface area contributed by atoms with Crippen molar-refractivity contribution in [2.45, 2.75) is 25.8 Å². The predicted octanol–water partition coefficient (Wildman–Crippen LogP) is 3.61. The molecule has 2 aromatic heterocycles. The minimum absolute atomic E-state index is 0.138. The van der Waals surface area contributed by atoms with E-state index in [0.717, 1.165) is 47.7 Å². The molecule has 0 radical (unpaired) electrons. The van der Waals surface area contributed by atoms with Crippen molar-refractivity contribution < 1.29 is 0 Å². The van der Waals surface area contributed by atoms with Crippen molar-refractivity contribution in [1.82, 2.24) is 14.5 Å². The monoisotopic (exact) mass is 339 g/mol. The van der Waals surface area contributed by atoms with Crippen LogP contribution in [0.2, 0.25) is 0 Å². The van der Waals surface area contributed by atoms with E-state index in [4.69, 9.17) is 0 Å². The average Bonchev–Trinajstić information content (AvgIpc) is 3.11. The third-order valence-corrected chi connectivity index (χ3v) is 5.65. The van der Waals surface area contributed by atoms with Crippen LogP contribution in [0.5, 0.6) is 0 Å². The van der Waals surface area contributed by atoms with Crippen molar-refractivity contribution in [3.05, 3.63) is 52.3 Å². The van der Waals surface area contributed by atoms with Crippen LogP contribution in [0.25, 0.3) is 21.5 Å². The van der Waals surface area contributed by atoms with E-state index in [1.807, 2.05) is 34.9 Å². The molecule has 5 heteroatoms. The third kappa shape index (κ3) is 3.01. The summed E-state index contributed by atoms with van der Waals surface area (Å²) in [5.74, 6) is 0. The summed E-state index contributed by atoms with van der Waals surface area (Å²) in [5, 5.41) is 3.12. The van der Waals surface area contributed by atoms with Gasteiger partial charge in [-0.05, 0) is 37.4 Å². The molecule has 4 nitrogen and oxygen atoms in total. The Labute approximate surface area is 145 Å².